The van der Waals surface area contributed by atoms with Crippen LogP contribution in [0.25, 0.3) is 0 Å². The first-order valence-corrected chi connectivity index (χ1v) is 14.5. The largest absolute Gasteiger partial charge is 0.439 e. The standard InChI is InChI=1S/C30H41F7O/c1-2-3-19-4-6-20(7-5-19)21-8-10-22(11-9-21)23-12-14-24(15-13-23)25-16-17-27(26(31)18-25)38-30(36,37)28(32)29(33,34)35/h16-24,28H,2-15H2,1H3. The highest BCUT2D eigenvalue weighted by atomic mass is 19.4. The highest BCUT2D eigenvalue weighted by Crippen LogP contribution is 2.48. The molecule has 0 saturated heterocycles. The van der Waals surface area contributed by atoms with Crippen molar-refractivity contribution in [2.45, 2.75) is 121 Å². The van der Waals surface area contributed by atoms with E-state index in [1.54, 1.807) is 0 Å². The Hall–Kier alpha value is -1.47. The third kappa shape index (κ3) is 7.18. The van der Waals surface area contributed by atoms with E-state index in [1.807, 2.05) is 0 Å². The predicted octanol–water partition coefficient (Wildman–Crippen LogP) is 10.4. The van der Waals surface area contributed by atoms with E-state index in [2.05, 4.69) is 11.7 Å². The molecule has 0 aliphatic heterocycles. The first-order valence-electron chi connectivity index (χ1n) is 14.5. The maximum atomic E-state index is 14.5. The van der Waals surface area contributed by atoms with Gasteiger partial charge in [0.1, 0.15) is 0 Å². The summed E-state index contributed by atoms with van der Waals surface area (Å²) in [5, 5.41) is 0. The van der Waals surface area contributed by atoms with Gasteiger partial charge in [0, 0.05) is 0 Å². The van der Waals surface area contributed by atoms with Gasteiger partial charge in [0.25, 0.3) is 6.17 Å². The zero-order valence-electron chi connectivity index (χ0n) is 22.2. The molecular weight excluding hydrogens is 509 g/mol. The molecule has 3 fully saturated rings. The number of hydrogen-bond acceptors (Lipinski definition) is 1. The van der Waals surface area contributed by atoms with Crippen molar-refractivity contribution < 1.29 is 35.5 Å². The van der Waals surface area contributed by atoms with Crippen molar-refractivity contribution in [2.24, 2.45) is 29.6 Å². The molecule has 0 heterocycles. The van der Waals surface area contributed by atoms with Crippen LogP contribution in [-0.4, -0.2) is 18.5 Å². The van der Waals surface area contributed by atoms with E-state index < -0.39 is 30.0 Å². The van der Waals surface area contributed by atoms with E-state index >= 15 is 0 Å². The number of alkyl halides is 6. The summed E-state index contributed by atoms with van der Waals surface area (Å²) in [4.78, 5) is 0. The fraction of sp³-hybridized carbons (Fsp3) is 0.800. The normalized spacial score (nSPS) is 32.1. The molecule has 0 spiro atoms. The lowest BCUT2D eigenvalue weighted by Crippen LogP contribution is -2.45. The van der Waals surface area contributed by atoms with Crippen LogP contribution in [0.3, 0.4) is 0 Å². The molecule has 216 valence electrons. The Morgan fingerprint density at radius 2 is 1.24 bits per heavy atom. The van der Waals surface area contributed by atoms with Crippen molar-refractivity contribution >= 4 is 0 Å². The zero-order chi connectivity index (χ0) is 27.5. The highest BCUT2D eigenvalue weighted by molar-refractivity contribution is 5.32. The Morgan fingerprint density at radius 1 is 0.763 bits per heavy atom. The third-order valence-electron chi connectivity index (χ3n) is 9.77. The van der Waals surface area contributed by atoms with Crippen molar-refractivity contribution in [3.05, 3.63) is 29.6 Å². The fourth-order valence-electron chi connectivity index (χ4n) is 7.61. The zero-order valence-corrected chi connectivity index (χ0v) is 22.2. The molecule has 0 aromatic heterocycles. The van der Waals surface area contributed by atoms with Gasteiger partial charge in [-0.3, -0.25) is 0 Å². The van der Waals surface area contributed by atoms with Gasteiger partial charge in [-0.05, 0) is 117 Å². The topological polar surface area (TPSA) is 9.23 Å². The lowest BCUT2D eigenvalue weighted by atomic mass is 9.64. The van der Waals surface area contributed by atoms with E-state index in [4.69, 9.17) is 0 Å². The number of benzene rings is 1. The monoisotopic (exact) mass is 550 g/mol. The summed E-state index contributed by atoms with van der Waals surface area (Å²) in [7, 11) is 0. The number of halogens is 7. The van der Waals surface area contributed by atoms with Gasteiger partial charge in [-0.15, -0.1) is 0 Å². The Bertz CT molecular complexity index is 877. The van der Waals surface area contributed by atoms with Crippen molar-refractivity contribution in [1.29, 1.82) is 0 Å². The average Bonchev–Trinajstić information content (AvgIpc) is 2.90. The van der Waals surface area contributed by atoms with Crippen LogP contribution < -0.4 is 4.74 Å². The second-order valence-electron chi connectivity index (χ2n) is 12.1. The maximum Gasteiger partial charge on any atom is 0.439 e. The van der Waals surface area contributed by atoms with Crippen LogP contribution in [0.5, 0.6) is 5.75 Å². The van der Waals surface area contributed by atoms with Crippen molar-refractivity contribution in [3.63, 3.8) is 0 Å². The van der Waals surface area contributed by atoms with E-state index in [-0.39, 0.29) is 5.92 Å². The Morgan fingerprint density at radius 3 is 1.68 bits per heavy atom. The third-order valence-corrected chi connectivity index (χ3v) is 9.77. The first-order chi connectivity index (χ1) is 18.0. The molecule has 38 heavy (non-hydrogen) atoms. The Balaban J connectivity index is 1.23. The number of rotatable bonds is 8. The molecule has 3 saturated carbocycles. The second-order valence-corrected chi connectivity index (χ2v) is 12.1. The van der Waals surface area contributed by atoms with Gasteiger partial charge in [0.15, 0.2) is 11.6 Å². The van der Waals surface area contributed by atoms with Crippen LogP contribution >= 0.6 is 0 Å². The molecule has 0 amide bonds. The van der Waals surface area contributed by atoms with E-state index in [0.717, 1.165) is 61.5 Å². The number of ether oxygens (including phenoxy) is 1. The first kappa shape index (κ1) is 29.5. The molecule has 0 bridgehead atoms. The van der Waals surface area contributed by atoms with Crippen molar-refractivity contribution in [2.75, 3.05) is 0 Å². The van der Waals surface area contributed by atoms with Crippen LogP contribution in [0.15, 0.2) is 18.2 Å². The van der Waals surface area contributed by atoms with Crippen molar-refractivity contribution in [3.8, 4) is 5.75 Å². The molecule has 1 aromatic rings. The molecule has 0 N–H and O–H groups in total. The summed E-state index contributed by atoms with van der Waals surface area (Å²) < 4.78 is 95.5. The van der Waals surface area contributed by atoms with Gasteiger partial charge in [0.2, 0.25) is 0 Å². The van der Waals surface area contributed by atoms with Crippen LogP contribution in [0.2, 0.25) is 0 Å². The minimum atomic E-state index is -5.81. The lowest BCUT2D eigenvalue weighted by molar-refractivity contribution is -0.305. The van der Waals surface area contributed by atoms with E-state index in [0.29, 0.717) is 11.5 Å². The summed E-state index contributed by atoms with van der Waals surface area (Å²) in [5.74, 6) is 1.89. The summed E-state index contributed by atoms with van der Waals surface area (Å²) in [6.07, 6.45) is 1.76. The van der Waals surface area contributed by atoms with Gasteiger partial charge in [0.05, 0.1) is 0 Å². The summed E-state index contributed by atoms with van der Waals surface area (Å²) >= 11 is 0. The molecule has 8 heteroatoms. The van der Waals surface area contributed by atoms with Crippen LogP contribution in [-0.2, 0) is 0 Å². The van der Waals surface area contributed by atoms with E-state index in [1.165, 1.54) is 70.3 Å². The lowest BCUT2D eigenvalue weighted by Gasteiger charge is -2.41. The van der Waals surface area contributed by atoms with Crippen molar-refractivity contribution in [1.82, 2.24) is 0 Å². The average molecular weight is 551 g/mol. The van der Waals surface area contributed by atoms with Gasteiger partial charge >= 0.3 is 12.3 Å². The predicted molar refractivity (Wildman–Crippen MR) is 133 cm³/mol. The van der Waals surface area contributed by atoms with Gasteiger partial charge < -0.3 is 4.74 Å². The van der Waals surface area contributed by atoms with Gasteiger partial charge in [-0.1, -0.05) is 38.7 Å². The molecule has 1 aromatic carbocycles. The molecule has 1 nitrogen and oxygen atoms in total. The smallest absolute Gasteiger partial charge is 0.427 e. The minimum absolute atomic E-state index is 0.0639. The van der Waals surface area contributed by atoms with Crippen LogP contribution in [0.1, 0.15) is 108 Å². The van der Waals surface area contributed by atoms with Crippen LogP contribution in [0.4, 0.5) is 30.7 Å². The fourth-order valence-corrected chi connectivity index (χ4v) is 7.61. The van der Waals surface area contributed by atoms with Crippen LogP contribution in [0, 0.1) is 35.4 Å². The molecule has 3 aliphatic rings. The summed E-state index contributed by atoms with van der Waals surface area (Å²) in [6, 6.07) is 3.32. The maximum absolute atomic E-state index is 14.5. The summed E-state index contributed by atoms with van der Waals surface area (Å²) in [6.45, 7) is 2.28. The quantitative estimate of drug-likeness (QED) is 0.293. The Labute approximate surface area is 221 Å². The van der Waals surface area contributed by atoms with E-state index in [9.17, 15) is 30.7 Å². The number of hydrogen-bond donors (Lipinski definition) is 0. The Kier molecular flexibility index (Phi) is 9.60. The SMILES string of the molecule is CCCC1CCC(C2CCC(C3CCC(c4ccc(OC(F)(F)C(F)C(F)(F)F)c(F)c4)CC3)CC2)CC1. The van der Waals surface area contributed by atoms with Gasteiger partial charge in [-0.25, -0.2) is 8.78 Å². The second kappa shape index (κ2) is 12.4. The molecule has 0 radical (unpaired) electrons. The highest BCUT2D eigenvalue weighted by Gasteiger charge is 2.59. The molecule has 1 unspecified atom stereocenters. The molecule has 1 atom stereocenters. The van der Waals surface area contributed by atoms with Gasteiger partial charge in [-0.2, -0.15) is 22.0 Å². The molecule has 3 aliphatic carbocycles. The molecular formula is C30H41F7O. The minimum Gasteiger partial charge on any atom is -0.427 e. The summed E-state index contributed by atoms with van der Waals surface area (Å²) in [5.41, 5.74) is 0.617. The molecule has 4 rings (SSSR count).